The first-order chi connectivity index (χ1) is 9.88. The number of carbonyl (C=O) groups excluding carboxylic acids is 1. The zero-order valence-electron chi connectivity index (χ0n) is 11.9. The van der Waals surface area contributed by atoms with Crippen LogP contribution in [0.2, 0.25) is 0 Å². The summed E-state index contributed by atoms with van der Waals surface area (Å²) in [5.74, 6) is 0.360. The quantitative estimate of drug-likeness (QED) is 0.808. The first kappa shape index (κ1) is 15.1. The van der Waals surface area contributed by atoms with E-state index in [1.807, 2.05) is 19.9 Å². The van der Waals surface area contributed by atoms with E-state index in [4.69, 9.17) is 4.42 Å². The van der Waals surface area contributed by atoms with Crippen LogP contribution >= 0.6 is 11.3 Å². The molecule has 21 heavy (non-hydrogen) atoms. The van der Waals surface area contributed by atoms with Crippen molar-refractivity contribution in [3.05, 3.63) is 39.7 Å². The van der Waals surface area contributed by atoms with E-state index in [-0.39, 0.29) is 12.1 Å². The molecule has 0 saturated heterocycles. The molecule has 2 rings (SSSR count). The standard InChI is InChI=1S/C14H16N2O4S/c1-7-4-5-10(20-7)6-15-14(19)16-12-11(13(17)18)8(2)9(3)21-12/h4-5H,6H2,1-3H3,(H,17,18)(H2,15,16,19). The van der Waals surface area contributed by atoms with Crippen molar-refractivity contribution < 1.29 is 19.1 Å². The van der Waals surface area contributed by atoms with Gasteiger partial charge in [-0.15, -0.1) is 11.3 Å². The Kier molecular flexibility index (Phi) is 4.32. The van der Waals surface area contributed by atoms with Crippen LogP contribution in [-0.4, -0.2) is 17.1 Å². The molecule has 2 aromatic rings. The van der Waals surface area contributed by atoms with Crippen molar-refractivity contribution in [1.82, 2.24) is 5.32 Å². The Morgan fingerprint density at radius 1 is 1.29 bits per heavy atom. The Balaban J connectivity index is 2.03. The van der Waals surface area contributed by atoms with Crippen molar-refractivity contribution in [3.63, 3.8) is 0 Å². The molecule has 112 valence electrons. The summed E-state index contributed by atoms with van der Waals surface area (Å²) in [6, 6.07) is 3.12. The van der Waals surface area contributed by atoms with Gasteiger partial charge in [0.15, 0.2) is 0 Å². The molecule has 0 fully saturated rings. The van der Waals surface area contributed by atoms with Gasteiger partial charge in [0.2, 0.25) is 0 Å². The average molecular weight is 308 g/mol. The second kappa shape index (κ2) is 6.01. The molecule has 2 heterocycles. The van der Waals surface area contributed by atoms with Crippen molar-refractivity contribution >= 4 is 28.3 Å². The van der Waals surface area contributed by atoms with E-state index in [1.54, 1.807) is 13.0 Å². The lowest BCUT2D eigenvalue weighted by Gasteiger charge is -2.06. The number of furan rings is 1. The SMILES string of the molecule is Cc1ccc(CNC(=O)Nc2sc(C)c(C)c2C(=O)O)o1. The molecule has 0 aromatic carbocycles. The highest BCUT2D eigenvalue weighted by Gasteiger charge is 2.20. The van der Waals surface area contributed by atoms with Gasteiger partial charge in [0.25, 0.3) is 0 Å². The molecule has 2 aromatic heterocycles. The third-order valence-corrected chi connectivity index (χ3v) is 4.17. The van der Waals surface area contributed by atoms with Gasteiger partial charge >= 0.3 is 12.0 Å². The number of aryl methyl sites for hydroxylation is 2. The van der Waals surface area contributed by atoms with Crippen LogP contribution in [0.5, 0.6) is 0 Å². The van der Waals surface area contributed by atoms with Gasteiger partial charge in [-0.3, -0.25) is 5.32 Å². The van der Waals surface area contributed by atoms with Crippen molar-refractivity contribution in [3.8, 4) is 0 Å². The molecule has 0 aliphatic rings. The van der Waals surface area contributed by atoms with Crippen LogP contribution in [0.15, 0.2) is 16.5 Å². The number of urea groups is 1. The Bertz CT molecular complexity index is 687. The number of thiophene rings is 1. The third kappa shape index (κ3) is 3.43. The van der Waals surface area contributed by atoms with E-state index in [1.165, 1.54) is 11.3 Å². The largest absolute Gasteiger partial charge is 0.478 e. The number of aromatic carboxylic acids is 1. The summed E-state index contributed by atoms with van der Waals surface area (Å²) in [7, 11) is 0. The van der Waals surface area contributed by atoms with Gasteiger partial charge in [-0.1, -0.05) is 0 Å². The summed E-state index contributed by atoms with van der Waals surface area (Å²) in [5, 5.41) is 14.7. The maximum absolute atomic E-state index is 11.8. The fourth-order valence-corrected chi connectivity index (χ4v) is 2.91. The highest BCUT2D eigenvalue weighted by molar-refractivity contribution is 7.16. The Labute approximate surface area is 125 Å². The van der Waals surface area contributed by atoms with E-state index >= 15 is 0 Å². The first-order valence-corrected chi connectivity index (χ1v) is 7.13. The smallest absolute Gasteiger partial charge is 0.338 e. The number of carboxylic acid groups (broad SMARTS) is 1. The van der Waals surface area contributed by atoms with E-state index in [2.05, 4.69) is 10.6 Å². The number of amides is 2. The average Bonchev–Trinajstić information content (AvgIpc) is 2.92. The van der Waals surface area contributed by atoms with Gasteiger partial charge in [0.05, 0.1) is 12.1 Å². The second-order valence-electron chi connectivity index (χ2n) is 4.61. The Morgan fingerprint density at radius 3 is 2.57 bits per heavy atom. The van der Waals surface area contributed by atoms with Gasteiger partial charge in [-0.25, -0.2) is 9.59 Å². The van der Waals surface area contributed by atoms with E-state index in [0.29, 0.717) is 16.3 Å². The molecule has 3 N–H and O–H groups in total. The highest BCUT2D eigenvalue weighted by atomic mass is 32.1. The number of hydrogen-bond acceptors (Lipinski definition) is 4. The molecule has 0 saturated carbocycles. The lowest BCUT2D eigenvalue weighted by Crippen LogP contribution is -2.28. The molecule has 0 unspecified atom stereocenters. The molecule has 0 radical (unpaired) electrons. The summed E-state index contributed by atoms with van der Waals surface area (Å²) in [6.45, 7) is 5.61. The molecule has 6 nitrogen and oxygen atoms in total. The monoisotopic (exact) mass is 308 g/mol. The van der Waals surface area contributed by atoms with Crippen molar-refractivity contribution in [2.24, 2.45) is 0 Å². The van der Waals surface area contributed by atoms with Crippen LogP contribution in [0.4, 0.5) is 9.80 Å². The molecular weight excluding hydrogens is 292 g/mol. The van der Waals surface area contributed by atoms with Gasteiger partial charge in [0, 0.05) is 4.88 Å². The first-order valence-electron chi connectivity index (χ1n) is 6.32. The van der Waals surface area contributed by atoms with Crippen LogP contribution in [0.1, 0.15) is 32.3 Å². The molecule has 0 aliphatic heterocycles. The predicted molar refractivity (Wildman–Crippen MR) is 80.1 cm³/mol. The molecule has 0 atom stereocenters. The third-order valence-electron chi connectivity index (χ3n) is 3.05. The van der Waals surface area contributed by atoms with Crippen LogP contribution < -0.4 is 10.6 Å². The minimum atomic E-state index is -1.05. The summed E-state index contributed by atoms with van der Waals surface area (Å²) in [6.07, 6.45) is 0. The van der Waals surface area contributed by atoms with Gasteiger partial charge in [-0.2, -0.15) is 0 Å². The Morgan fingerprint density at radius 2 is 2.00 bits per heavy atom. The molecule has 2 amide bonds. The zero-order valence-corrected chi connectivity index (χ0v) is 12.8. The van der Waals surface area contributed by atoms with Crippen LogP contribution in [0.3, 0.4) is 0 Å². The lowest BCUT2D eigenvalue weighted by atomic mass is 10.1. The summed E-state index contributed by atoms with van der Waals surface area (Å²) < 4.78 is 5.34. The number of nitrogens with one attached hydrogen (secondary N) is 2. The topological polar surface area (TPSA) is 91.6 Å². The summed E-state index contributed by atoms with van der Waals surface area (Å²) >= 11 is 1.25. The summed E-state index contributed by atoms with van der Waals surface area (Å²) in [4.78, 5) is 23.9. The maximum atomic E-state index is 11.8. The predicted octanol–water partition coefficient (Wildman–Crippen LogP) is 3.29. The Hall–Kier alpha value is -2.28. The van der Waals surface area contributed by atoms with Crippen molar-refractivity contribution in [2.45, 2.75) is 27.3 Å². The fraction of sp³-hybridized carbons (Fsp3) is 0.286. The number of rotatable bonds is 4. The van der Waals surface area contributed by atoms with Gasteiger partial charge in [0.1, 0.15) is 16.5 Å². The molecule has 7 heteroatoms. The fourth-order valence-electron chi connectivity index (χ4n) is 1.87. The normalized spacial score (nSPS) is 10.4. The lowest BCUT2D eigenvalue weighted by molar-refractivity contribution is 0.0697. The van der Waals surface area contributed by atoms with Crippen LogP contribution in [0.25, 0.3) is 0 Å². The van der Waals surface area contributed by atoms with E-state index in [0.717, 1.165) is 10.6 Å². The van der Waals surface area contributed by atoms with Gasteiger partial charge in [-0.05, 0) is 38.5 Å². The van der Waals surface area contributed by atoms with Crippen molar-refractivity contribution in [1.29, 1.82) is 0 Å². The number of carboxylic acids is 1. The zero-order chi connectivity index (χ0) is 15.6. The molecule has 0 aliphatic carbocycles. The minimum absolute atomic E-state index is 0.140. The second-order valence-corrected chi connectivity index (χ2v) is 5.84. The molecular formula is C14H16N2O4S. The van der Waals surface area contributed by atoms with Gasteiger partial charge < -0.3 is 14.8 Å². The van der Waals surface area contributed by atoms with E-state index < -0.39 is 12.0 Å². The number of hydrogen-bond donors (Lipinski definition) is 3. The molecule has 0 spiro atoms. The molecule has 0 bridgehead atoms. The number of anilines is 1. The minimum Gasteiger partial charge on any atom is -0.478 e. The van der Waals surface area contributed by atoms with Crippen molar-refractivity contribution in [2.75, 3.05) is 5.32 Å². The summed E-state index contributed by atoms with van der Waals surface area (Å²) in [5.41, 5.74) is 0.811. The van der Waals surface area contributed by atoms with E-state index in [9.17, 15) is 14.7 Å². The maximum Gasteiger partial charge on any atom is 0.338 e. The highest BCUT2D eigenvalue weighted by Crippen LogP contribution is 2.32. The van der Waals surface area contributed by atoms with Crippen LogP contribution in [-0.2, 0) is 6.54 Å². The van der Waals surface area contributed by atoms with Crippen LogP contribution in [0, 0.1) is 20.8 Å². The number of carbonyl (C=O) groups is 2.